The Morgan fingerprint density at radius 3 is 2.35 bits per heavy atom. The molecule has 0 aliphatic heterocycles. The molecule has 0 saturated carbocycles. The molecule has 0 radical (unpaired) electrons. The highest BCUT2D eigenvalue weighted by Gasteiger charge is 2.40. The average molecular weight is 245 g/mol. The van der Waals surface area contributed by atoms with E-state index in [-0.39, 0.29) is 13.0 Å². The largest absolute Gasteiger partial charge is 0.480 e. The van der Waals surface area contributed by atoms with Crippen LogP contribution < -0.4 is 5.32 Å². The zero-order chi connectivity index (χ0) is 13.5. The predicted molar refractivity (Wildman–Crippen MR) is 64.7 cm³/mol. The van der Waals surface area contributed by atoms with Crippen LogP contribution in [-0.2, 0) is 14.3 Å². The van der Waals surface area contributed by atoms with Crippen LogP contribution in [0.3, 0.4) is 0 Å². The van der Waals surface area contributed by atoms with Crippen molar-refractivity contribution < 1.29 is 19.4 Å². The quantitative estimate of drug-likeness (QED) is 0.499. The second-order valence-corrected chi connectivity index (χ2v) is 4.76. The van der Waals surface area contributed by atoms with E-state index in [0.29, 0.717) is 12.5 Å². The monoisotopic (exact) mass is 245 g/mol. The summed E-state index contributed by atoms with van der Waals surface area (Å²) in [6.07, 6.45) is 1.11. The lowest BCUT2D eigenvalue weighted by Crippen LogP contribution is -2.43. The Balaban J connectivity index is 4.11. The third-order valence-corrected chi connectivity index (χ3v) is 2.79. The Kier molecular flexibility index (Phi) is 6.80. The van der Waals surface area contributed by atoms with Gasteiger partial charge in [-0.15, -0.1) is 0 Å². The molecule has 1 amide bonds. The second-order valence-electron chi connectivity index (χ2n) is 4.76. The fraction of sp³-hybridized carbons (Fsp3) is 0.833. The van der Waals surface area contributed by atoms with Crippen LogP contribution in [0.25, 0.3) is 0 Å². The summed E-state index contributed by atoms with van der Waals surface area (Å²) in [5.74, 6) is -1.05. The SMILES string of the molecule is CNC(=O)C(C)(CCOCCC(C)C)C(=O)O. The Labute approximate surface area is 103 Å². The van der Waals surface area contributed by atoms with Crippen LogP contribution in [0, 0.1) is 11.3 Å². The summed E-state index contributed by atoms with van der Waals surface area (Å²) in [6.45, 7) is 6.48. The summed E-state index contributed by atoms with van der Waals surface area (Å²) in [5, 5.41) is 11.4. The summed E-state index contributed by atoms with van der Waals surface area (Å²) >= 11 is 0. The lowest BCUT2D eigenvalue weighted by Gasteiger charge is -2.22. The molecule has 5 heteroatoms. The van der Waals surface area contributed by atoms with Gasteiger partial charge in [-0.3, -0.25) is 9.59 Å². The van der Waals surface area contributed by atoms with Gasteiger partial charge >= 0.3 is 5.97 Å². The normalized spacial score (nSPS) is 14.4. The van der Waals surface area contributed by atoms with Crippen molar-refractivity contribution in [2.24, 2.45) is 11.3 Å². The van der Waals surface area contributed by atoms with Crippen LogP contribution in [-0.4, -0.2) is 37.2 Å². The topological polar surface area (TPSA) is 75.6 Å². The number of nitrogens with one attached hydrogen (secondary N) is 1. The molecule has 1 atom stereocenters. The Morgan fingerprint density at radius 2 is 1.94 bits per heavy atom. The van der Waals surface area contributed by atoms with E-state index >= 15 is 0 Å². The Hall–Kier alpha value is -1.10. The molecule has 0 saturated heterocycles. The average Bonchev–Trinajstić information content (AvgIpc) is 2.26. The molecule has 0 aromatic rings. The zero-order valence-electron chi connectivity index (χ0n) is 11.1. The minimum absolute atomic E-state index is 0.181. The lowest BCUT2D eigenvalue weighted by molar-refractivity contribution is -0.155. The van der Waals surface area contributed by atoms with Gasteiger partial charge < -0.3 is 15.2 Å². The number of carboxylic acids is 1. The maximum Gasteiger partial charge on any atom is 0.319 e. The van der Waals surface area contributed by atoms with Gasteiger partial charge in [0.25, 0.3) is 0 Å². The van der Waals surface area contributed by atoms with Gasteiger partial charge in [0, 0.05) is 20.3 Å². The summed E-state index contributed by atoms with van der Waals surface area (Å²) in [7, 11) is 1.43. The molecular formula is C12H23NO4. The van der Waals surface area contributed by atoms with Crippen molar-refractivity contribution in [1.82, 2.24) is 5.32 Å². The van der Waals surface area contributed by atoms with Crippen LogP contribution in [0.5, 0.6) is 0 Å². The number of carbonyl (C=O) groups excluding carboxylic acids is 1. The number of aliphatic carboxylic acids is 1. The number of hydrogen-bond donors (Lipinski definition) is 2. The second kappa shape index (κ2) is 7.27. The van der Waals surface area contributed by atoms with Crippen molar-refractivity contribution in [3.63, 3.8) is 0 Å². The highest BCUT2D eigenvalue weighted by Crippen LogP contribution is 2.22. The first-order valence-corrected chi connectivity index (χ1v) is 5.88. The Morgan fingerprint density at radius 1 is 1.35 bits per heavy atom. The summed E-state index contributed by atoms with van der Waals surface area (Å²) in [4.78, 5) is 22.6. The van der Waals surface area contributed by atoms with Crippen LogP contribution in [0.4, 0.5) is 0 Å². The molecule has 0 aromatic carbocycles. The van der Waals surface area contributed by atoms with E-state index in [9.17, 15) is 9.59 Å². The standard InChI is InChI=1S/C12H23NO4/c1-9(2)5-7-17-8-6-12(3,11(15)16)10(14)13-4/h9H,5-8H2,1-4H3,(H,13,14)(H,15,16). The molecule has 5 nitrogen and oxygen atoms in total. The van der Waals surface area contributed by atoms with Gasteiger partial charge in [0.15, 0.2) is 0 Å². The Bertz CT molecular complexity index is 265. The molecule has 1 unspecified atom stereocenters. The number of rotatable bonds is 8. The van der Waals surface area contributed by atoms with Crippen molar-refractivity contribution >= 4 is 11.9 Å². The van der Waals surface area contributed by atoms with Crippen molar-refractivity contribution in [1.29, 1.82) is 0 Å². The van der Waals surface area contributed by atoms with E-state index < -0.39 is 17.3 Å². The third-order valence-electron chi connectivity index (χ3n) is 2.79. The van der Waals surface area contributed by atoms with E-state index in [4.69, 9.17) is 9.84 Å². The van der Waals surface area contributed by atoms with Gasteiger partial charge in [-0.05, 0) is 25.7 Å². The molecule has 2 N–H and O–H groups in total. The fourth-order valence-corrected chi connectivity index (χ4v) is 1.29. The van der Waals surface area contributed by atoms with E-state index in [1.807, 2.05) is 0 Å². The first-order valence-electron chi connectivity index (χ1n) is 5.88. The van der Waals surface area contributed by atoms with Gasteiger partial charge in [-0.2, -0.15) is 0 Å². The number of amides is 1. The third kappa shape index (κ3) is 5.17. The number of ether oxygens (including phenoxy) is 1. The van der Waals surface area contributed by atoms with Crippen molar-refractivity contribution in [2.45, 2.75) is 33.6 Å². The van der Waals surface area contributed by atoms with Gasteiger partial charge in [0.2, 0.25) is 5.91 Å². The van der Waals surface area contributed by atoms with E-state index in [1.54, 1.807) is 0 Å². The molecule has 0 spiro atoms. The highest BCUT2D eigenvalue weighted by atomic mass is 16.5. The molecule has 0 aliphatic carbocycles. The summed E-state index contributed by atoms with van der Waals surface area (Å²) in [5.41, 5.74) is -1.41. The lowest BCUT2D eigenvalue weighted by atomic mass is 9.86. The molecule has 0 aromatic heterocycles. The molecule has 0 fully saturated rings. The van der Waals surface area contributed by atoms with E-state index in [2.05, 4.69) is 19.2 Å². The minimum atomic E-state index is -1.41. The first kappa shape index (κ1) is 15.9. The van der Waals surface area contributed by atoms with Gasteiger partial charge in [0.05, 0.1) is 0 Å². The molecule has 0 rings (SSSR count). The molecule has 0 bridgehead atoms. The maximum atomic E-state index is 11.5. The fourth-order valence-electron chi connectivity index (χ4n) is 1.29. The predicted octanol–water partition coefficient (Wildman–Crippen LogP) is 1.28. The number of hydrogen-bond acceptors (Lipinski definition) is 3. The van der Waals surface area contributed by atoms with Crippen molar-refractivity contribution in [3.05, 3.63) is 0 Å². The van der Waals surface area contributed by atoms with Gasteiger partial charge in [-0.25, -0.2) is 0 Å². The summed E-state index contributed by atoms with van der Waals surface area (Å²) < 4.78 is 5.34. The molecule has 0 heterocycles. The zero-order valence-corrected chi connectivity index (χ0v) is 11.1. The number of carboxylic acid groups (broad SMARTS) is 1. The first-order chi connectivity index (χ1) is 7.84. The van der Waals surface area contributed by atoms with Crippen molar-refractivity contribution in [2.75, 3.05) is 20.3 Å². The van der Waals surface area contributed by atoms with Crippen molar-refractivity contribution in [3.8, 4) is 0 Å². The number of carbonyl (C=O) groups is 2. The maximum absolute atomic E-state index is 11.5. The molecule has 0 aliphatic rings. The van der Waals surface area contributed by atoms with Crippen LogP contribution in [0.2, 0.25) is 0 Å². The van der Waals surface area contributed by atoms with Gasteiger partial charge in [0.1, 0.15) is 5.41 Å². The molecule has 17 heavy (non-hydrogen) atoms. The van der Waals surface area contributed by atoms with Crippen LogP contribution in [0.15, 0.2) is 0 Å². The van der Waals surface area contributed by atoms with Crippen LogP contribution >= 0.6 is 0 Å². The van der Waals surface area contributed by atoms with Crippen LogP contribution in [0.1, 0.15) is 33.6 Å². The van der Waals surface area contributed by atoms with Gasteiger partial charge in [-0.1, -0.05) is 13.8 Å². The smallest absolute Gasteiger partial charge is 0.319 e. The summed E-state index contributed by atoms with van der Waals surface area (Å²) in [6, 6.07) is 0. The molecule has 100 valence electrons. The van der Waals surface area contributed by atoms with E-state index in [0.717, 1.165) is 6.42 Å². The highest BCUT2D eigenvalue weighted by molar-refractivity contribution is 6.01. The molecular weight excluding hydrogens is 222 g/mol. The van der Waals surface area contributed by atoms with E-state index in [1.165, 1.54) is 14.0 Å². The minimum Gasteiger partial charge on any atom is -0.480 e.